The number of aliphatic hydroxyl groups excluding tert-OH is 1. The summed E-state index contributed by atoms with van der Waals surface area (Å²) in [6.45, 7) is 1.97. The molecule has 0 aliphatic rings. The summed E-state index contributed by atoms with van der Waals surface area (Å²) in [5, 5.41) is 9.58. The predicted molar refractivity (Wildman–Crippen MR) is 70.3 cm³/mol. The van der Waals surface area contributed by atoms with Gasteiger partial charge in [-0.1, -0.05) is 18.2 Å². The number of halogens is 1. The largest absolute Gasteiger partial charge is 0.389 e. The lowest BCUT2D eigenvalue weighted by atomic mass is 9.99. The Morgan fingerprint density at radius 3 is 2.68 bits per heavy atom. The van der Waals surface area contributed by atoms with Crippen LogP contribution in [0.15, 0.2) is 24.3 Å². The predicted octanol–water partition coefficient (Wildman–Crippen LogP) is 1.39. The van der Waals surface area contributed by atoms with E-state index in [0.717, 1.165) is 0 Å². The van der Waals surface area contributed by atoms with Crippen molar-refractivity contribution in [1.29, 1.82) is 0 Å². The maximum absolute atomic E-state index is 13.6. The van der Waals surface area contributed by atoms with E-state index in [1.807, 2.05) is 0 Å². The number of amides is 1. The number of likely N-dealkylation sites (N-methyl/N-ethyl adjacent to an activating group) is 1. The van der Waals surface area contributed by atoms with Crippen molar-refractivity contribution in [2.24, 2.45) is 0 Å². The van der Waals surface area contributed by atoms with Gasteiger partial charge in [0.15, 0.2) is 0 Å². The van der Waals surface area contributed by atoms with Crippen molar-refractivity contribution in [2.45, 2.75) is 18.9 Å². The maximum atomic E-state index is 13.6. The van der Waals surface area contributed by atoms with Gasteiger partial charge >= 0.3 is 0 Å². The first-order chi connectivity index (χ1) is 8.97. The molecule has 2 atom stereocenters. The molecule has 1 amide bonds. The third-order valence-corrected chi connectivity index (χ3v) is 2.96. The highest BCUT2D eigenvalue weighted by Gasteiger charge is 2.23. The Kier molecular flexibility index (Phi) is 5.92. The van der Waals surface area contributed by atoms with Crippen molar-refractivity contribution < 1.29 is 19.0 Å². The molecule has 0 bridgehead atoms. The summed E-state index contributed by atoms with van der Waals surface area (Å²) in [4.78, 5) is 13.5. The fraction of sp³-hybridized carbons (Fsp3) is 0.500. The molecule has 1 aromatic carbocycles. The van der Waals surface area contributed by atoms with Gasteiger partial charge in [0, 0.05) is 20.7 Å². The van der Waals surface area contributed by atoms with Crippen LogP contribution in [0.1, 0.15) is 18.4 Å². The van der Waals surface area contributed by atoms with Crippen LogP contribution in [0.4, 0.5) is 4.39 Å². The second kappa shape index (κ2) is 7.21. The normalized spacial score (nSPS) is 13.9. The molecule has 0 radical (unpaired) electrons. The Bertz CT molecular complexity index is 425. The molecule has 0 unspecified atom stereocenters. The van der Waals surface area contributed by atoms with E-state index in [-0.39, 0.29) is 19.1 Å². The molecule has 0 saturated heterocycles. The van der Waals surface area contributed by atoms with E-state index in [0.29, 0.717) is 5.56 Å². The summed E-state index contributed by atoms with van der Waals surface area (Å²) >= 11 is 0. The number of ether oxygens (including phenoxy) is 1. The van der Waals surface area contributed by atoms with Crippen molar-refractivity contribution >= 4 is 5.91 Å². The fourth-order valence-electron chi connectivity index (χ4n) is 1.94. The third kappa shape index (κ3) is 4.29. The van der Waals surface area contributed by atoms with Crippen LogP contribution in [0, 0.1) is 5.82 Å². The van der Waals surface area contributed by atoms with Crippen molar-refractivity contribution in [3.8, 4) is 0 Å². The number of methoxy groups -OCH3 is 1. The molecule has 1 N–H and O–H groups in total. The quantitative estimate of drug-likeness (QED) is 0.849. The van der Waals surface area contributed by atoms with Crippen LogP contribution in [0.25, 0.3) is 0 Å². The molecule has 1 aromatic rings. The SMILES string of the molecule is COC[C@@H](O)CN(C)C(=O)[C@H](C)c1ccccc1F. The highest BCUT2D eigenvalue weighted by molar-refractivity contribution is 5.83. The Hall–Kier alpha value is -1.46. The lowest BCUT2D eigenvalue weighted by molar-refractivity contribution is -0.132. The van der Waals surface area contributed by atoms with Gasteiger partial charge in [0.25, 0.3) is 0 Å². The van der Waals surface area contributed by atoms with E-state index < -0.39 is 17.8 Å². The Morgan fingerprint density at radius 1 is 1.47 bits per heavy atom. The minimum atomic E-state index is -0.744. The van der Waals surface area contributed by atoms with Gasteiger partial charge in [0.1, 0.15) is 5.82 Å². The van der Waals surface area contributed by atoms with Crippen LogP contribution in [0.3, 0.4) is 0 Å². The van der Waals surface area contributed by atoms with Crippen molar-refractivity contribution in [1.82, 2.24) is 4.90 Å². The van der Waals surface area contributed by atoms with E-state index >= 15 is 0 Å². The third-order valence-electron chi connectivity index (χ3n) is 2.96. The van der Waals surface area contributed by atoms with Gasteiger partial charge in [-0.05, 0) is 18.6 Å². The molecule has 5 heteroatoms. The molecule has 0 spiro atoms. The zero-order valence-electron chi connectivity index (χ0n) is 11.5. The monoisotopic (exact) mass is 269 g/mol. The Labute approximate surface area is 112 Å². The van der Waals surface area contributed by atoms with Gasteiger partial charge in [-0.3, -0.25) is 4.79 Å². The number of aliphatic hydroxyl groups is 1. The first-order valence-corrected chi connectivity index (χ1v) is 6.13. The molecular weight excluding hydrogens is 249 g/mol. The van der Waals surface area contributed by atoms with E-state index in [9.17, 15) is 14.3 Å². The summed E-state index contributed by atoms with van der Waals surface area (Å²) < 4.78 is 18.4. The Balaban J connectivity index is 2.69. The van der Waals surface area contributed by atoms with E-state index in [4.69, 9.17) is 4.74 Å². The highest BCUT2D eigenvalue weighted by atomic mass is 19.1. The first kappa shape index (κ1) is 15.6. The molecule has 0 aliphatic heterocycles. The summed E-state index contributed by atoms with van der Waals surface area (Å²) in [7, 11) is 3.06. The van der Waals surface area contributed by atoms with Crippen LogP contribution >= 0.6 is 0 Å². The van der Waals surface area contributed by atoms with Gasteiger partial charge in [0.05, 0.1) is 18.6 Å². The van der Waals surface area contributed by atoms with Crippen LogP contribution in [0.5, 0.6) is 0 Å². The molecule has 0 aliphatic carbocycles. The zero-order chi connectivity index (χ0) is 14.4. The maximum Gasteiger partial charge on any atom is 0.229 e. The average Bonchev–Trinajstić information content (AvgIpc) is 2.37. The van der Waals surface area contributed by atoms with Gasteiger partial charge in [-0.15, -0.1) is 0 Å². The number of hydrogen-bond donors (Lipinski definition) is 1. The summed E-state index contributed by atoms with van der Waals surface area (Å²) in [5.74, 6) is -1.21. The number of rotatable bonds is 6. The number of carbonyl (C=O) groups excluding carboxylic acids is 1. The van der Waals surface area contributed by atoms with Gasteiger partial charge in [-0.25, -0.2) is 4.39 Å². The van der Waals surface area contributed by atoms with Crippen LogP contribution in [0.2, 0.25) is 0 Å². The lowest BCUT2D eigenvalue weighted by Crippen LogP contribution is -2.38. The van der Waals surface area contributed by atoms with Crippen LogP contribution in [-0.2, 0) is 9.53 Å². The number of benzene rings is 1. The molecule has 4 nitrogen and oxygen atoms in total. The number of carbonyl (C=O) groups is 1. The minimum Gasteiger partial charge on any atom is -0.389 e. The molecule has 106 valence electrons. The van der Waals surface area contributed by atoms with Crippen LogP contribution < -0.4 is 0 Å². The second-order valence-corrected chi connectivity index (χ2v) is 4.57. The molecule has 0 fully saturated rings. The van der Waals surface area contributed by atoms with E-state index in [1.165, 1.54) is 18.1 Å². The zero-order valence-corrected chi connectivity index (χ0v) is 11.5. The minimum absolute atomic E-state index is 0.158. The average molecular weight is 269 g/mol. The molecule has 0 aromatic heterocycles. The van der Waals surface area contributed by atoms with Gasteiger partial charge < -0.3 is 14.7 Å². The van der Waals surface area contributed by atoms with E-state index in [1.54, 1.807) is 32.2 Å². The molecule has 0 saturated carbocycles. The summed E-state index contributed by atoms with van der Waals surface area (Å²) in [6.07, 6.45) is -0.744. The summed E-state index contributed by atoms with van der Waals surface area (Å²) in [6, 6.07) is 6.21. The smallest absolute Gasteiger partial charge is 0.229 e. The standard InChI is InChI=1S/C14H20FNO3/c1-10(12-6-4-5-7-13(12)15)14(18)16(2)8-11(17)9-19-3/h4-7,10-11,17H,8-9H2,1-3H3/t10-,11+/m1/s1. The van der Waals surface area contributed by atoms with Crippen LogP contribution in [-0.4, -0.2) is 49.3 Å². The first-order valence-electron chi connectivity index (χ1n) is 6.13. The highest BCUT2D eigenvalue weighted by Crippen LogP contribution is 2.20. The Morgan fingerprint density at radius 2 is 2.11 bits per heavy atom. The molecular formula is C14H20FNO3. The second-order valence-electron chi connectivity index (χ2n) is 4.57. The number of nitrogens with zero attached hydrogens (tertiary/aromatic N) is 1. The molecule has 19 heavy (non-hydrogen) atoms. The fourth-order valence-corrected chi connectivity index (χ4v) is 1.94. The molecule has 0 heterocycles. The topological polar surface area (TPSA) is 49.8 Å². The summed E-state index contributed by atoms with van der Waals surface area (Å²) in [5.41, 5.74) is 0.362. The van der Waals surface area contributed by atoms with E-state index in [2.05, 4.69) is 0 Å². The van der Waals surface area contributed by atoms with Gasteiger partial charge in [-0.2, -0.15) is 0 Å². The van der Waals surface area contributed by atoms with Crippen molar-refractivity contribution in [2.75, 3.05) is 27.3 Å². The van der Waals surface area contributed by atoms with Crippen molar-refractivity contribution in [3.63, 3.8) is 0 Å². The molecule has 1 rings (SSSR count). The van der Waals surface area contributed by atoms with Gasteiger partial charge in [0.2, 0.25) is 5.91 Å². The van der Waals surface area contributed by atoms with Crippen molar-refractivity contribution in [3.05, 3.63) is 35.6 Å². The lowest BCUT2D eigenvalue weighted by Gasteiger charge is -2.24. The number of hydrogen-bond acceptors (Lipinski definition) is 3.